The Morgan fingerprint density at radius 3 is 2.94 bits per heavy atom. The third kappa shape index (κ3) is 2.89. The van der Waals surface area contributed by atoms with Crippen molar-refractivity contribution in [1.82, 2.24) is 9.78 Å². The SMILES string of the molecule is CCCn1cc(C(O)c2ccc(F)cc2I)cn1. The molecule has 1 aromatic heterocycles. The van der Waals surface area contributed by atoms with Gasteiger partial charge in [0, 0.05) is 21.9 Å². The maximum atomic E-state index is 13.0. The minimum Gasteiger partial charge on any atom is -0.384 e. The number of benzene rings is 1. The maximum absolute atomic E-state index is 13.0. The van der Waals surface area contributed by atoms with Crippen molar-refractivity contribution in [3.8, 4) is 0 Å². The molecule has 96 valence electrons. The number of aromatic nitrogens is 2. The number of hydrogen-bond acceptors (Lipinski definition) is 2. The van der Waals surface area contributed by atoms with Crippen LogP contribution in [-0.4, -0.2) is 14.9 Å². The van der Waals surface area contributed by atoms with E-state index in [4.69, 9.17) is 0 Å². The molecule has 2 aromatic rings. The van der Waals surface area contributed by atoms with Gasteiger partial charge >= 0.3 is 0 Å². The molecule has 0 aliphatic carbocycles. The molecule has 1 aromatic carbocycles. The molecule has 0 saturated carbocycles. The van der Waals surface area contributed by atoms with E-state index in [1.54, 1.807) is 16.9 Å². The summed E-state index contributed by atoms with van der Waals surface area (Å²) in [4.78, 5) is 0. The van der Waals surface area contributed by atoms with Crippen molar-refractivity contribution < 1.29 is 9.50 Å². The molecule has 0 bridgehead atoms. The van der Waals surface area contributed by atoms with E-state index in [0.717, 1.165) is 18.5 Å². The zero-order valence-corrected chi connectivity index (χ0v) is 12.1. The van der Waals surface area contributed by atoms with Crippen LogP contribution in [0.15, 0.2) is 30.6 Å². The Bertz CT molecular complexity index is 542. The van der Waals surface area contributed by atoms with Crippen molar-refractivity contribution in [2.75, 3.05) is 0 Å². The lowest BCUT2D eigenvalue weighted by atomic mass is 10.1. The number of hydrogen-bond donors (Lipinski definition) is 1. The lowest BCUT2D eigenvalue weighted by Gasteiger charge is -2.11. The highest BCUT2D eigenvalue weighted by atomic mass is 127. The second-order valence-corrected chi connectivity index (χ2v) is 5.27. The Labute approximate surface area is 119 Å². The second kappa shape index (κ2) is 5.79. The highest BCUT2D eigenvalue weighted by Crippen LogP contribution is 2.26. The van der Waals surface area contributed by atoms with Crippen LogP contribution in [0, 0.1) is 9.39 Å². The second-order valence-electron chi connectivity index (χ2n) is 4.11. The fourth-order valence-electron chi connectivity index (χ4n) is 1.77. The predicted octanol–water partition coefficient (Wildman–Crippen LogP) is 3.12. The smallest absolute Gasteiger partial charge is 0.124 e. The van der Waals surface area contributed by atoms with E-state index < -0.39 is 6.10 Å². The van der Waals surface area contributed by atoms with Gasteiger partial charge in [-0.3, -0.25) is 4.68 Å². The third-order valence-electron chi connectivity index (χ3n) is 2.68. The molecule has 0 aliphatic rings. The number of rotatable bonds is 4. The molecule has 0 aliphatic heterocycles. The van der Waals surface area contributed by atoms with Crippen LogP contribution in [0.2, 0.25) is 0 Å². The molecule has 0 saturated heterocycles. The summed E-state index contributed by atoms with van der Waals surface area (Å²) in [6.07, 6.45) is 3.71. The van der Waals surface area contributed by atoms with Gasteiger partial charge in [-0.15, -0.1) is 0 Å². The van der Waals surface area contributed by atoms with Crippen LogP contribution in [-0.2, 0) is 6.54 Å². The molecule has 0 spiro atoms. The van der Waals surface area contributed by atoms with Crippen molar-refractivity contribution in [1.29, 1.82) is 0 Å². The number of aliphatic hydroxyl groups excluding tert-OH is 1. The monoisotopic (exact) mass is 360 g/mol. The molecule has 1 unspecified atom stereocenters. The van der Waals surface area contributed by atoms with Gasteiger partial charge in [-0.05, 0) is 46.7 Å². The molecule has 2 rings (SSSR count). The van der Waals surface area contributed by atoms with E-state index in [1.807, 2.05) is 28.8 Å². The summed E-state index contributed by atoms with van der Waals surface area (Å²) >= 11 is 2.02. The number of halogens is 2. The molecule has 1 N–H and O–H groups in total. The lowest BCUT2D eigenvalue weighted by molar-refractivity contribution is 0.219. The molecule has 3 nitrogen and oxygen atoms in total. The van der Waals surface area contributed by atoms with Crippen molar-refractivity contribution >= 4 is 22.6 Å². The van der Waals surface area contributed by atoms with E-state index in [1.165, 1.54) is 12.1 Å². The summed E-state index contributed by atoms with van der Waals surface area (Å²) in [7, 11) is 0. The van der Waals surface area contributed by atoms with Crippen molar-refractivity contribution in [2.45, 2.75) is 26.0 Å². The standard InChI is InChI=1S/C13H14FIN2O/c1-2-5-17-8-9(7-16-17)13(18)11-4-3-10(14)6-12(11)15/h3-4,6-8,13,18H,2,5H2,1H3. The topological polar surface area (TPSA) is 38.0 Å². The minimum absolute atomic E-state index is 0.294. The van der Waals surface area contributed by atoms with E-state index >= 15 is 0 Å². The van der Waals surface area contributed by atoms with Crippen LogP contribution in [0.4, 0.5) is 4.39 Å². The van der Waals surface area contributed by atoms with Gasteiger partial charge in [0.2, 0.25) is 0 Å². The van der Waals surface area contributed by atoms with Gasteiger partial charge in [0.1, 0.15) is 11.9 Å². The summed E-state index contributed by atoms with van der Waals surface area (Å²) in [6.45, 7) is 2.90. The van der Waals surface area contributed by atoms with Crippen molar-refractivity contribution in [2.24, 2.45) is 0 Å². The largest absolute Gasteiger partial charge is 0.384 e. The number of aliphatic hydroxyl groups is 1. The van der Waals surface area contributed by atoms with E-state index in [0.29, 0.717) is 9.13 Å². The fraction of sp³-hybridized carbons (Fsp3) is 0.308. The van der Waals surface area contributed by atoms with E-state index in [2.05, 4.69) is 12.0 Å². The van der Waals surface area contributed by atoms with Crippen LogP contribution in [0.1, 0.15) is 30.6 Å². The maximum Gasteiger partial charge on any atom is 0.124 e. The Kier molecular flexibility index (Phi) is 4.34. The van der Waals surface area contributed by atoms with Gasteiger partial charge in [0.05, 0.1) is 6.20 Å². The highest BCUT2D eigenvalue weighted by molar-refractivity contribution is 14.1. The summed E-state index contributed by atoms with van der Waals surface area (Å²) in [5, 5.41) is 14.4. The molecule has 0 amide bonds. The average Bonchev–Trinajstić information content (AvgIpc) is 2.77. The van der Waals surface area contributed by atoms with Crippen LogP contribution in [0.5, 0.6) is 0 Å². The first-order valence-electron chi connectivity index (χ1n) is 5.77. The Hall–Kier alpha value is -0.950. The number of aryl methyl sites for hydroxylation is 1. The third-order valence-corrected chi connectivity index (χ3v) is 3.61. The fourth-order valence-corrected chi connectivity index (χ4v) is 2.55. The van der Waals surface area contributed by atoms with Gasteiger partial charge in [-0.1, -0.05) is 13.0 Å². The quantitative estimate of drug-likeness (QED) is 0.851. The average molecular weight is 360 g/mol. The Morgan fingerprint density at radius 1 is 1.50 bits per heavy atom. The van der Waals surface area contributed by atoms with Gasteiger partial charge < -0.3 is 5.11 Å². The lowest BCUT2D eigenvalue weighted by Crippen LogP contribution is -2.02. The first kappa shape index (κ1) is 13.5. The van der Waals surface area contributed by atoms with Crippen molar-refractivity contribution in [3.63, 3.8) is 0 Å². The highest BCUT2D eigenvalue weighted by Gasteiger charge is 2.15. The summed E-state index contributed by atoms with van der Waals surface area (Å²) in [5.74, 6) is -0.294. The number of nitrogens with zero attached hydrogens (tertiary/aromatic N) is 2. The Morgan fingerprint density at radius 2 is 2.28 bits per heavy atom. The van der Waals surface area contributed by atoms with Crippen LogP contribution >= 0.6 is 22.6 Å². The first-order chi connectivity index (χ1) is 8.61. The van der Waals surface area contributed by atoms with Crippen LogP contribution < -0.4 is 0 Å². The normalized spacial score (nSPS) is 12.7. The van der Waals surface area contributed by atoms with Crippen LogP contribution in [0.25, 0.3) is 0 Å². The summed E-state index contributed by atoms with van der Waals surface area (Å²) in [5.41, 5.74) is 1.43. The van der Waals surface area contributed by atoms with Gasteiger partial charge in [-0.2, -0.15) is 5.10 Å². The zero-order valence-electron chi connectivity index (χ0n) is 9.98. The molecular formula is C13H14FIN2O. The molecule has 5 heteroatoms. The molecule has 1 heterocycles. The van der Waals surface area contributed by atoms with Crippen LogP contribution in [0.3, 0.4) is 0 Å². The first-order valence-corrected chi connectivity index (χ1v) is 6.85. The molecule has 1 atom stereocenters. The molecule has 18 heavy (non-hydrogen) atoms. The van der Waals surface area contributed by atoms with E-state index in [-0.39, 0.29) is 5.82 Å². The summed E-state index contributed by atoms with van der Waals surface area (Å²) in [6, 6.07) is 4.38. The summed E-state index contributed by atoms with van der Waals surface area (Å²) < 4.78 is 15.5. The van der Waals surface area contributed by atoms with Gasteiger partial charge in [0.25, 0.3) is 0 Å². The molecule has 0 radical (unpaired) electrons. The molecular weight excluding hydrogens is 346 g/mol. The van der Waals surface area contributed by atoms with Crippen molar-refractivity contribution in [3.05, 3.63) is 51.1 Å². The van der Waals surface area contributed by atoms with Gasteiger partial charge in [0.15, 0.2) is 0 Å². The minimum atomic E-state index is -0.761. The van der Waals surface area contributed by atoms with E-state index in [9.17, 15) is 9.50 Å². The zero-order chi connectivity index (χ0) is 13.1. The van der Waals surface area contributed by atoms with Gasteiger partial charge in [-0.25, -0.2) is 4.39 Å². The predicted molar refractivity (Wildman–Crippen MR) is 75.7 cm³/mol. The molecule has 0 fully saturated rings. The Balaban J connectivity index is 2.26.